The highest BCUT2D eigenvalue weighted by atomic mass is 35.5. The van der Waals surface area contributed by atoms with Gasteiger partial charge < -0.3 is 15.4 Å². The third-order valence-corrected chi connectivity index (χ3v) is 3.18. The molecular formula is C15H13Cl2FN2O2. The first-order valence-electron chi connectivity index (χ1n) is 6.43. The van der Waals surface area contributed by atoms with Crippen molar-refractivity contribution in [2.24, 2.45) is 0 Å². The zero-order valence-electron chi connectivity index (χ0n) is 11.4. The summed E-state index contributed by atoms with van der Waals surface area (Å²) in [5.74, 6) is 0.0311. The predicted octanol–water partition coefficient (Wildman–Crippen LogP) is 4.33. The normalized spacial score (nSPS) is 10.1. The zero-order valence-corrected chi connectivity index (χ0v) is 12.9. The molecule has 0 aliphatic rings. The van der Waals surface area contributed by atoms with Crippen molar-refractivity contribution in [3.63, 3.8) is 0 Å². The number of anilines is 1. The summed E-state index contributed by atoms with van der Waals surface area (Å²) in [6.07, 6.45) is 0. The van der Waals surface area contributed by atoms with Crippen LogP contribution < -0.4 is 15.4 Å². The molecule has 2 N–H and O–H groups in total. The molecule has 0 bridgehead atoms. The molecule has 0 saturated heterocycles. The lowest BCUT2D eigenvalue weighted by Gasteiger charge is -2.10. The van der Waals surface area contributed by atoms with Gasteiger partial charge in [-0.3, -0.25) is 0 Å². The van der Waals surface area contributed by atoms with Gasteiger partial charge >= 0.3 is 6.03 Å². The number of urea groups is 1. The van der Waals surface area contributed by atoms with E-state index in [9.17, 15) is 9.18 Å². The van der Waals surface area contributed by atoms with E-state index in [0.717, 1.165) is 0 Å². The van der Waals surface area contributed by atoms with Gasteiger partial charge in [-0.1, -0.05) is 29.3 Å². The second kappa shape index (κ2) is 7.87. The minimum Gasteiger partial charge on any atom is -0.492 e. The third kappa shape index (κ3) is 5.09. The molecule has 2 amide bonds. The van der Waals surface area contributed by atoms with Crippen LogP contribution in [0.2, 0.25) is 10.0 Å². The fraction of sp³-hybridized carbons (Fsp3) is 0.133. The summed E-state index contributed by atoms with van der Waals surface area (Å²) in [6, 6.07) is 10.1. The molecule has 7 heteroatoms. The molecule has 22 heavy (non-hydrogen) atoms. The zero-order chi connectivity index (χ0) is 15.9. The highest BCUT2D eigenvalue weighted by Gasteiger charge is 2.05. The van der Waals surface area contributed by atoms with Gasteiger partial charge in [0, 0.05) is 11.1 Å². The number of carbonyl (C=O) groups excluding carboxylic acids is 1. The van der Waals surface area contributed by atoms with Crippen LogP contribution in [0.1, 0.15) is 0 Å². The molecular weight excluding hydrogens is 330 g/mol. The largest absolute Gasteiger partial charge is 0.492 e. The lowest BCUT2D eigenvalue weighted by Crippen LogP contribution is -2.32. The van der Waals surface area contributed by atoms with E-state index >= 15 is 0 Å². The lowest BCUT2D eigenvalue weighted by atomic mass is 10.3. The van der Waals surface area contributed by atoms with Gasteiger partial charge in [0.25, 0.3) is 0 Å². The molecule has 0 aliphatic carbocycles. The van der Waals surface area contributed by atoms with Crippen LogP contribution in [0.3, 0.4) is 0 Å². The number of amides is 2. The molecule has 2 aromatic rings. The molecule has 0 saturated carbocycles. The minimum absolute atomic E-state index is 0.214. The van der Waals surface area contributed by atoms with Gasteiger partial charge in [-0.15, -0.1) is 0 Å². The topological polar surface area (TPSA) is 50.4 Å². The Morgan fingerprint density at radius 2 is 2.00 bits per heavy atom. The molecule has 0 heterocycles. The summed E-state index contributed by atoms with van der Waals surface area (Å²) in [7, 11) is 0. The summed E-state index contributed by atoms with van der Waals surface area (Å²) in [4.78, 5) is 11.7. The Morgan fingerprint density at radius 1 is 1.18 bits per heavy atom. The maximum atomic E-state index is 12.9. The van der Waals surface area contributed by atoms with Gasteiger partial charge in [0.1, 0.15) is 18.2 Å². The first kappa shape index (κ1) is 16.4. The van der Waals surface area contributed by atoms with Gasteiger partial charge in [0.2, 0.25) is 0 Å². The van der Waals surface area contributed by atoms with E-state index in [1.54, 1.807) is 24.3 Å². The number of halogens is 3. The first-order chi connectivity index (χ1) is 10.5. The van der Waals surface area contributed by atoms with Crippen LogP contribution in [-0.2, 0) is 0 Å². The van der Waals surface area contributed by atoms with E-state index in [4.69, 9.17) is 27.9 Å². The molecule has 0 atom stereocenters. The van der Waals surface area contributed by atoms with E-state index in [1.807, 2.05) is 0 Å². The Bertz CT molecular complexity index is 668. The highest BCUT2D eigenvalue weighted by molar-refractivity contribution is 6.36. The molecule has 2 rings (SSSR count). The van der Waals surface area contributed by atoms with Crippen LogP contribution >= 0.6 is 23.2 Å². The van der Waals surface area contributed by atoms with Crippen LogP contribution in [-0.4, -0.2) is 19.2 Å². The average molecular weight is 343 g/mol. The molecule has 4 nitrogen and oxygen atoms in total. The molecule has 0 fully saturated rings. The summed E-state index contributed by atoms with van der Waals surface area (Å²) < 4.78 is 18.2. The lowest BCUT2D eigenvalue weighted by molar-refractivity contribution is 0.247. The van der Waals surface area contributed by atoms with Crippen molar-refractivity contribution in [1.29, 1.82) is 0 Å². The number of nitrogens with one attached hydrogen (secondary N) is 2. The summed E-state index contributed by atoms with van der Waals surface area (Å²) in [5.41, 5.74) is 0.453. The monoisotopic (exact) mass is 342 g/mol. The Balaban J connectivity index is 1.74. The van der Waals surface area contributed by atoms with Crippen molar-refractivity contribution >= 4 is 34.9 Å². The number of hydrogen-bond acceptors (Lipinski definition) is 2. The van der Waals surface area contributed by atoms with E-state index < -0.39 is 6.03 Å². The van der Waals surface area contributed by atoms with Crippen LogP contribution in [0.4, 0.5) is 14.9 Å². The van der Waals surface area contributed by atoms with Crippen molar-refractivity contribution in [2.75, 3.05) is 18.5 Å². The molecule has 0 radical (unpaired) electrons. The van der Waals surface area contributed by atoms with Gasteiger partial charge in [-0.2, -0.15) is 0 Å². The van der Waals surface area contributed by atoms with Gasteiger partial charge in [0.05, 0.1) is 17.3 Å². The maximum Gasteiger partial charge on any atom is 0.319 e. The van der Waals surface area contributed by atoms with Crippen LogP contribution in [0.25, 0.3) is 0 Å². The van der Waals surface area contributed by atoms with Crippen molar-refractivity contribution in [1.82, 2.24) is 5.32 Å². The van der Waals surface area contributed by atoms with Gasteiger partial charge in [0.15, 0.2) is 0 Å². The summed E-state index contributed by atoms with van der Waals surface area (Å²) in [5, 5.41) is 6.02. The van der Waals surface area contributed by atoms with Gasteiger partial charge in [-0.05, 0) is 30.3 Å². The van der Waals surface area contributed by atoms with Crippen molar-refractivity contribution in [3.05, 3.63) is 58.3 Å². The Morgan fingerprint density at radius 3 is 2.73 bits per heavy atom. The molecule has 0 aliphatic heterocycles. The van der Waals surface area contributed by atoms with Crippen LogP contribution in [0.15, 0.2) is 42.5 Å². The first-order valence-corrected chi connectivity index (χ1v) is 7.18. The average Bonchev–Trinajstić information content (AvgIpc) is 2.47. The molecule has 0 aromatic heterocycles. The minimum atomic E-state index is -0.424. The van der Waals surface area contributed by atoms with E-state index in [1.165, 1.54) is 18.2 Å². The van der Waals surface area contributed by atoms with Gasteiger partial charge in [-0.25, -0.2) is 9.18 Å². The number of ether oxygens (including phenoxy) is 1. The fourth-order valence-corrected chi connectivity index (χ4v) is 2.10. The second-order valence-corrected chi connectivity index (χ2v) is 5.15. The van der Waals surface area contributed by atoms with E-state index in [0.29, 0.717) is 21.5 Å². The number of hydrogen-bond donors (Lipinski definition) is 2. The Kier molecular flexibility index (Phi) is 5.86. The van der Waals surface area contributed by atoms with Crippen molar-refractivity contribution in [3.8, 4) is 5.75 Å². The quantitative estimate of drug-likeness (QED) is 0.794. The Labute approximate surface area is 137 Å². The highest BCUT2D eigenvalue weighted by Crippen LogP contribution is 2.25. The maximum absolute atomic E-state index is 12.9. The number of benzene rings is 2. The summed E-state index contributed by atoms with van der Waals surface area (Å²) >= 11 is 11.7. The van der Waals surface area contributed by atoms with E-state index in [-0.39, 0.29) is 19.0 Å². The molecule has 0 spiro atoms. The molecule has 116 valence electrons. The van der Waals surface area contributed by atoms with Crippen molar-refractivity contribution < 1.29 is 13.9 Å². The van der Waals surface area contributed by atoms with E-state index in [2.05, 4.69) is 10.6 Å². The number of carbonyl (C=O) groups is 1. The predicted molar refractivity (Wildman–Crippen MR) is 85.4 cm³/mol. The van der Waals surface area contributed by atoms with Crippen LogP contribution in [0, 0.1) is 5.82 Å². The van der Waals surface area contributed by atoms with Crippen LogP contribution in [0.5, 0.6) is 5.75 Å². The number of rotatable bonds is 5. The van der Waals surface area contributed by atoms with Crippen molar-refractivity contribution in [2.45, 2.75) is 0 Å². The fourth-order valence-electron chi connectivity index (χ4n) is 1.65. The Hall–Kier alpha value is -1.98. The second-order valence-electron chi connectivity index (χ2n) is 4.31. The summed E-state index contributed by atoms with van der Waals surface area (Å²) in [6.45, 7) is 0.471. The standard InChI is InChI=1S/C15H13Cl2FN2O2/c16-10-4-5-14(13(17)8-10)20-15(21)19-6-7-22-12-3-1-2-11(18)9-12/h1-5,8-9H,6-7H2,(H2,19,20,21). The molecule has 2 aromatic carbocycles. The SMILES string of the molecule is O=C(NCCOc1cccc(F)c1)Nc1ccc(Cl)cc1Cl. The smallest absolute Gasteiger partial charge is 0.319 e. The molecule has 0 unspecified atom stereocenters. The third-order valence-electron chi connectivity index (χ3n) is 2.63.